The summed E-state index contributed by atoms with van der Waals surface area (Å²) in [4.78, 5) is 12.3. The summed E-state index contributed by atoms with van der Waals surface area (Å²) in [6.07, 6.45) is 1.54. The van der Waals surface area contributed by atoms with Crippen LogP contribution in [0.4, 0.5) is 5.69 Å². The number of rotatable bonds is 5. The minimum absolute atomic E-state index is 0.350. The van der Waals surface area contributed by atoms with Gasteiger partial charge < -0.3 is 10.1 Å². The molecule has 0 aromatic heterocycles. The maximum atomic E-state index is 12.3. The van der Waals surface area contributed by atoms with Gasteiger partial charge in [0.2, 0.25) is 0 Å². The Morgan fingerprint density at radius 2 is 1.83 bits per heavy atom. The van der Waals surface area contributed by atoms with Gasteiger partial charge >= 0.3 is 5.97 Å². The smallest absolute Gasteiger partial charge is 0.343 e. The normalized spacial score (nSPS) is 10.6. The fraction of sp³-hybridized carbons (Fsp3) is 0.0455. The number of nitrogens with zero attached hydrogens (tertiary/aromatic N) is 1. The van der Waals surface area contributed by atoms with Crippen LogP contribution in [-0.2, 0) is 0 Å². The third-order valence-corrected chi connectivity index (χ3v) is 4.29. The highest BCUT2D eigenvalue weighted by Gasteiger charge is 2.10. The number of nitrogens with one attached hydrogen (secondary N) is 2. The largest absolute Gasteiger partial charge is 0.422 e. The topological polar surface area (TPSA) is 62.7 Å². The van der Waals surface area contributed by atoms with E-state index in [4.69, 9.17) is 28.6 Å². The lowest BCUT2D eigenvalue weighted by atomic mass is 10.2. The number of thiocarbonyl (C=S) groups is 1. The third-order valence-electron chi connectivity index (χ3n) is 3.85. The van der Waals surface area contributed by atoms with Gasteiger partial charge in [-0.2, -0.15) is 5.10 Å². The fourth-order valence-electron chi connectivity index (χ4n) is 2.47. The first kappa shape index (κ1) is 20.5. The lowest BCUT2D eigenvalue weighted by Crippen LogP contribution is -2.23. The van der Waals surface area contributed by atoms with Crippen molar-refractivity contribution in [1.29, 1.82) is 0 Å². The first-order chi connectivity index (χ1) is 14.0. The minimum atomic E-state index is -0.480. The Morgan fingerprint density at radius 1 is 1.07 bits per heavy atom. The first-order valence-electron chi connectivity index (χ1n) is 8.75. The van der Waals surface area contributed by atoms with Crippen LogP contribution < -0.4 is 15.5 Å². The molecule has 29 heavy (non-hydrogen) atoms. The van der Waals surface area contributed by atoms with Gasteiger partial charge in [0.05, 0.1) is 11.8 Å². The number of benzene rings is 3. The van der Waals surface area contributed by atoms with E-state index < -0.39 is 5.97 Å². The van der Waals surface area contributed by atoms with E-state index in [9.17, 15) is 4.79 Å². The molecule has 0 spiro atoms. The van der Waals surface area contributed by atoms with Gasteiger partial charge in [0.1, 0.15) is 5.75 Å². The monoisotopic (exact) mass is 423 g/mol. The van der Waals surface area contributed by atoms with Crippen molar-refractivity contribution in [2.75, 3.05) is 5.32 Å². The van der Waals surface area contributed by atoms with Crippen LogP contribution in [0, 0.1) is 6.92 Å². The van der Waals surface area contributed by atoms with Crippen molar-refractivity contribution in [3.8, 4) is 5.75 Å². The van der Waals surface area contributed by atoms with Gasteiger partial charge in [-0.15, -0.1) is 0 Å². The SMILES string of the molecule is Cc1cccc(NC(=S)NN=Cc2ccccc2OC(=O)c2ccc(Cl)cc2)c1. The molecule has 3 rings (SSSR count). The molecule has 0 heterocycles. The molecular formula is C22H18ClN3O2S. The first-order valence-corrected chi connectivity index (χ1v) is 9.53. The number of hydrogen-bond donors (Lipinski definition) is 2. The van der Waals surface area contributed by atoms with E-state index in [2.05, 4.69) is 15.8 Å². The molecule has 0 bridgehead atoms. The van der Waals surface area contributed by atoms with Crippen molar-refractivity contribution in [2.45, 2.75) is 6.92 Å². The van der Waals surface area contributed by atoms with Crippen molar-refractivity contribution in [2.24, 2.45) is 5.10 Å². The number of anilines is 1. The maximum Gasteiger partial charge on any atom is 0.343 e. The van der Waals surface area contributed by atoms with E-state index in [0.29, 0.717) is 27.0 Å². The van der Waals surface area contributed by atoms with E-state index in [1.54, 1.807) is 42.5 Å². The second kappa shape index (κ2) is 9.82. The summed E-state index contributed by atoms with van der Waals surface area (Å²) in [5, 5.41) is 8.08. The Bertz CT molecular complexity index is 1050. The molecule has 5 nitrogen and oxygen atoms in total. The fourth-order valence-corrected chi connectivity index (χ4v) is 2.76. The number of carbonyl (C=O) groups is 1. The predicted octanol–water partition coefficient (Wildman–Crippen LogP) is 5.19. The van der Waals surface area contributed by atoms with Crippen LogP contribution in [0.5, 0.6) is 5.75 Å². The molecule has 3 aromatic rings. The van der Waals surface area contributed by atoms with Crippen LogP contribution in [0.3, 0.4) is 0 Å². The third kappa shape index (κ3) is 6.14. The number of ether oxygens (including phenoxy) is 1. The Morgan fingerprint density at radius 3 is 2.59 bits per heavy atom. The molecule has 0 atom stereocenters. The van der Waals surface area contributed by atoms with Gasteiger partial charge in [0.25, 0.3) is 0 Å². The quantitative estimate of drug-likeness (QED) is 0.194. The molecule has 0 aliphatic carbocycles. The van der Waals surface area contributed by atoms with E-state index in [0.717, 1.165) is 11.3 Å². The van der Waals surface area contributed by atoms with Gasteiger partial charge in [0, 0.05) is 16.3 Å². The molecule has 0 fully saturated rings. The molecule has 0 radical (unpaired) electrons. The van der Waals surface area contributed by atoms with Crippen molar-refractivity contribution < 1.29 is 9.53 Å². The average Bonchev–Trinajstić information content (AvgIpc) is 2.70. The number of para-hydroxylation sites is 1. The van der Waals surface area contributed by atoms with Gasteiger partial charge in [-0.25, -0.2) is 4.79 Å². The Labute approximate surface area is 179 Å². The second-order valence-corrected chi connectivity index (χ2v) is 6.97. The van der Waals surface area contributed by atoms with Crippen molar-refractivity contribution in [3.05, 3.63) is 94.5 Å². The zero-order chi connectivity index (χ0) is 20.6. The summed E-state index contributed by atoms with van der Waals surface area (Å²) in [6, 6.07) is 21.4. The molecule has 0 amide bonds. The van der Waals surface area contributed by atoms with Crippen molar-refractivity contribution >= 4 is 46.8 Å². The molecule has 0 aliphatic rings. The number of aryl methyl sites for hydroxylation is 1. The highest BCUT2D eigenvalue weighted by Crippen LogP contribution is 2.18. The Balaban J connectivity index is 1.63. The summed E-state index contributed by atoms with van der Waals surface area (Å²) >= 11 is 11.1. The van der Waals surface area contributed by atoms with Crippen molar-refractivity contribution in [1.82, 2.24) is 5.43 Å². The van der Waals surface area contributed by atoms with Crippen LogP contribution in [0.15, 0.2) is 77.9 Å². The van der Waals surface area contributed by atoms with Gasteiger partial charge in [-0.1, -0.05) is 35.9 Å². The number of halogens is 1. The zero-order valence-electron chi connectivity index (χ0n) is 15.6. The van der Waals surface area contributed by atoms with Crippen LogP contribution in [-0.4, -0.2) is 17.3 Å². The van der Waals surface area contributed by atoms with Crippen LogP contribution >= 0.6 is 23.8 Å². The summed E-state index contributed by atoms with van der Waals surface area (Å²) in [7, 11) is 0. The molecule has 2 N–H and O–H groups in total. The number of hydrogen-bond acceptors (Lipinski definition) is 4. The van der Waals surface area contributed by atoms with E-state index in [-0.39, 0.29) is 0 Å². The average molecular weight is 424 g/mol. The molecule has 146 valence electrons. The Hall–Kier alpha value is -3.22. The molecule has 3 aromatic carbocycles. The highest BCUT2D eigenvalue weighted by atomic mass is 35.5. The van der Waals surface area contributed by atoms with Gasteiger partial charge in [-0.3, -0.25) is 5.43 Å². The molecule has 7 heteroatoms. The summed E-state index contributed by atoms with van der Waals surface area (Å²) < 4.78 is 5.49. The summed E-state index contributed by atoms with van der Waals surface area (Å²) in [5.74, 6) is -0.0947. The van der Waals surface area contributed by atoms with Crippen LogP contribution in [0.1, 0.15) is 21.5 Å². The number of carbonyl (C=O) groups excluding carboxylic acids is 1. The molecular weight excluding hydrogens is 406 g/mol. The number of hydrazone groups is 1. The minimum Gasteiger partial charge on any atom is -0.422 e. The predicted molar refractivity (Wildman–Crippen MR) is 121 cm³/mol. The summed E-state index contributed by atoms with van der Waals surface area (Å²) in [6.45, 7) is 2.00. The van der Waals surface area contributed by atoms with Crippen molar-refractivity contribution in [3.63, 3.8) is 0 Å². The molecule has 0 saturated heterocycles. The lowest BCUT2D eigenvalue weighted by Gasteiger charge is -2.09. The Kier molecular flexibility index (Phi) is 6.94. The standard InChI is InChI=1S/C22H18ClN3O2S/c1-15-5-4-7-19(13-15)25-22(29)26-24-14-17-6-2-3-8-20(17)28-21(27)16-9-11-18(23)12-10-16/h2-14H,1H3,(H2,25,26,29). The number of esters is 1. The van der Waals surface area contributed by atoms with E-state index in [1.165, 1.54) is 6.21 Å². The van der Waals surface area contributed by atoms with Crippen LogP contribution in [0.25, 0.3) is 0 Å². The van der Waals surface area contributed by atoms with Crippen LogP contribution in [0.2, 0.25) is 5.02 Å². The molecule has 0 aliphatic heterocycles. The van der Waals surface area contributed by atoms with Gasteiger partial charge in [-0.05, 0) is 73.2 Å². The highest BCUT2D eigenvalue weighted by molar-refractivity contribution is 7.80. The lowest BCUT2D eigenvalue weighted by molar-refractivity contribution is 0.0734. The zero-order valence-corrected chi connectivity index (χ0v) is 17.1. The summed E-state index contributed by atoms with van der Waals surface area (Å²) in [5.41, 5.74) is 5.78. The van der Waals surface area contributed by atoms with Gasteiger partial charge in [0.15, 0.2) is 5.11 Å². The second-order valence-electron chi connectivity index (χ2n) is 6.13. The van der Waals surface area contributed by atoms with E-state index >= 15 is 0 Å². The molecule has 0 saturated carbocycles. The maximum absolute atomic E-state index is 12.3. The molecule has 0 unspecified atom stereocenters. The van der Waals surface area contributed by atoms with E-state index in [1.807, 2.05) is 37.3 Å².